The first-order valence-electron chi connectivity index (χ1n) is 38.7. The molecular formula is C78H151NO8P+. The van der Waals surface area contributed by atoms with Gasteiger partial charge in [-0.05, 0) is 70.6 Å². The van der Waals surface area contributed by atoms with Crippen LogP contribution in [0.4, 0.5) is 0 Å². The molecule has 2 unspecified atom stereocenters. The van der Waals surface area contributed by atoms with Gasteiger partial charge in [0.05, 0.1) is 27.7 Å². The number of rotatable bonds is 73. The number of quaternary nitrogens is 1. The van der Waals surface area contributed by atoms with Crippen LogP contribution in [0.2, 0.25) is 0 Å². The SMILES string of the molecule is CCCCCCC/C=C\C/C=C\CCCCCCCCCCCCCCCC(=O)OC(COC(=O)CCCCCCCCCCCCCCCCCCCCCCCCCCCCC/C=C\CCCCCCCCCC)COP(=O)(O)OCC[N+](C)(C)C. The van der Waals surface area contributed by atoms with E-state index in [1.54, 1.807) is 0 Å². The van der Waals surface area contributed by atoms with E-state index >= 15 is 0 Å². The second kappa shape index (κ2) is 69.6. The number of unbranched alkanes of at least 4 members (excludes halogenated alkanes) is 53. The van der Waals surface area contributed by atoms with Crippen molar-refractivity contribution in [1.29, 1.82) is 0 Å². The number of likely N-dealkylation sites (N-methyl/N-ethyl adjacent to an activating group) is 1. The summed E-state index contributed by atoms with van der Waals surface area (Å²) in [7, 11) is 1.50. The molecule has 0 aliphatic rings. The number of ether oxygens (including phenoxy) is 2. The first kappa shape index (κ1) is 86.2. The quantitative estimate of drug-likeness (QED) is 0.0211. The van der Waals surface area contributed by atoms with Gasteiger partial charge in [-0.3, -0.25) is 18.6 Å². The van der Waals surface area contributed by atoms with Crippen molar-refractivity contribution in [3.63, 3.8) is 0 Å². The lowest BCUT2D eigenvalue weighted by Gasteiger charge is -2.24. The number of hydrogen-bond donors (Lipinski definition) is 1. The lowest BCUT2D eigenvalue weighted by atomic mass is 10.0. The highest BCUT2D eigenvalue weighted by atomic mass is 31.2. The maximum Gasteiger partial charge on any atom is 0.472 e. The van der Waals surface area contributed by atoms with Crippen LogP contribution in [0.25, 0.3) is 0 Å². The third-order valence-electron chi connectivity index (χ3n) is 17.6. The van der Waals surface area contributed by atoms with Crippen LogP contribution in [0.3, 0.4) is 0 Å². The highest BCUT2D eigenvalue weighted by Gasteiger charge is 2.27. The van der Waals surface area contributed by atoms with Gasteiger partial charge in [-0.2, -0.15) is 0 Å². The van der Waals surface area contributed by atoms with E-state index in [4.69, 9.17) is 18.5 Å². The van der Waals surface area contributed by atoms with Gasteiger partial charge in [0.25, 0.3) is 0 Å². The molecule has 0 aliphatic heterocycles. The Balaban J connectivity index is 3.89. The summed E-state index contributed by atoms with van der Waals surface area (Å²) in [6.45, 7) is 4.49. The van der Waals surface area contributed by atoms with Crippen molar-refractivity contribution in [1.82, 2.24) is 0 Å². The van der Waals surface area contributed by atoms with Crippen molar-refractivity contribution in [3.05, 3.63) is 36.5 Å². The van der Waals surface area contributed by atoms with Gasteiger partial charge >= 0.3 is 19.8 Å². The van der Waals surface area contributed by atoms with Crippen molar-refractivity contribution < 1.29 is 42.1 Å². The Morgan fingerprint density at radius 1 is 0.352 bits per heavy atom. The highest BCUT2D eigenvalue weighted by molar-refractivity contribution is 7.47. The predicted octanol–water partition coefficient (Wildman–Crippen LogP) is 25.4. The molecule has 0 aliphatic carbocycles. The molecule has 10 heteroatoms. The van der Waals surface area contributed by atoms with Gasteiger partial charge in [0.2, 0.25) is 0 Å². The van der Waals surface area contributed by atoms with Crippen molar-refractivity contribution >= 4 is 19.8 Å². The number of allylic oxidation sites excluding steroid dienone is 6. The van der Waals surface area contributed by atoms with Crippen LogP contribution >= 0.6 is 7.82 Å². The number of phosphoric ester groups is 1. The Morgan fingerprint density at radius 3 is 0.909 bits per heavy atom. The van der Waals surface area contributed by atoms with Gasteiger partial charge in [-0.15, -0.1) is 0 Å². The van der Waals surface area contributed by atoms with Crippen molar-refractivity contribution in [2.75, 3.05) is 47.5 Å². The molecule has 0 radical (unpaired) electrons. The van der Waals surface area contributed by atoms with Crippen LogP contribution in [0, 0.1) is 0 Å². The summed E-state index contributed by atoms with van der Waals surface area (Å²) in [6.07, 6.45) is 90.1. The van der Waals surface area contributed by atoms with Gasteiger partial charge in [-0.1, -0.05) is 352 Å². The minimum absolute atomic E-state index is 0.0342. The van der Waals surface area contributed by atoms with E-state index in [-0.39, 0.29) is 25.6 Å². The second-order valence-corrected chi connectivity index (χ2v) is 29.2. The van der Waals surface area contributed by atoms with Crippen LogP contribution in [-0.4, -0.2) is 74.9 Å². The average Bonchev–Trinajstić information content (AvgIpc) is 3.57. The van der Waals surface area contributed by atoms with Gasteiger partial charge in [0.1, 0.15) is 19.8 Å². The smallest absolute Gasteiger partial charge is 0.462 e. The molecule has 0 rings (SSSR count). The van der Waals surface area contributed by atoms with Gasteiger partial charge < -0.3 is 18.9 Å². The third-order valence-corrected chi connectivity index (χ3v) is 18.6. The van der Waals surface area contributed by atoms with Gasteiger partial charge in [0.15, 0.2) is 6.10 Å². The fourth-order valence-electron chi connectivity index (χ4n) is 11.7. The zero-order chi connectivity index (χ0) is 64.1. The molecular weight excluding hydrogens is 1110 g/mol. The van der Waals surface area contributed by atoms with Gasteiger partial charge in [-0.25, -0.2) is 4.57 Å². The van der Waals surface area contributed by atoms with E-state index in [0.717, 1.165) is 38.5 Å². The largest absolute Gasteiger partial charge is 0.472 e. The number of esters is 2. The molecule has 0 amide bonds. The van der Waals surface area contributed by atoms with Crippen molar-refractivity contribution in [2.24, 2.45) is 0 Å². The van der Waals surface area contributed by atoms with E-state index in [0.29, 0.717) is 23.9 Å². The average molecular weight is 1260 g/mol. The first-order valence-corrected chi connectivity index (χ1v) is 40.2. The molecule has 88 heavy (non-hydrogen) atoms. The van der Waals surface area contributed by atoms with E-state index in [1.165, 1.54) is 327 Å². The fraction of sp³-hybridized carbons (Fsp3) is 0.897. The number of hydrogen-bond acceptors (Lipinski definition) is 7. The third kappa shape index (κ3) is 73.3. The minimum Gasteiger partial charge on any atom is -0.462 e. The van der Waals surface area contributed by atoms with Crippen LogP contribution in [0.15, 0.2) is 36.5 Å². The van der Waals surface area contributed by atoms with E-state index in [1.807, 2.05) is 21.1 Å². The zero-order valence-electron chi connectivity index (χ0n) is 59.5. The second-order valence-electron chi connectivity index (χ2n) is 27.7. The molecule has 0 aromatic carbocycles. The monoisotopic (exact) mass is 1260 g/mol. The van der Waals surface area contributed by atoms with E-state index < -0.39 is 26.5 Å². The lowest BCUT2D eigenvalue weighted by molar-refractivity contribution is -0.870. The van der Waals surface area contributed by atoms with Crippen LogP contribution in [0.1, 0.15) is 399 Å². The summed E-state index contributed by atoms with van der Waals surface area (Å²) in [5.74, 6) is -0.776. The summed E-state index contributed by atoms with van der Waals surface area (Å²) in [4.78, 5) is 35.9. The Hall–Kier alpha value is -1.77. The molecule has 0 heterocycles. The molecule has 2 atom stereocenters. The van der Waals surface area contributed by atoms with Crippen LogP contribution in [0.5, 0.6) is 0 Å². The Morgan fingerprint density at radius 2 is 0.614 bits per heavy atom. The topological polar surface area (TPSA) is 108 Å². The Kier molecular flexibility index (Phi) is 68.2. The fourth-order valence-corrected chi connectivity index (χ4v) is 12.4. The van der Waals surface area contributed by atoms with E-state index in [9.17, 15) is 19.0 Å². The summed E-state index contributed by atoms with van der Waals surface area (Å²) < 4.78 is 34.8. The molecule has 0 saturated heterocycles. The summed E-state index contributed by atoms with van der Waals surface area (Å²) in [5.41, 5.74) is 0. The molecule has 0 fully saturated rings. The first-order chi connectivity index (χ1) is 43.0. The maximum absolute atomic E-state index is 12.9. The van der Waals surface area contributed by atoms with Gasteiger partial charge in [0, 0.05) is 12.8 Å². The number of nitrogens with zero attached hydrogens (tertiary/aromatic N) is 1. The summed E-state index contributed by atoms with van der Waals surface area (Å²) in [6, 6.07) is 0. The molecule has 0 saturated carbocycles. The highest BCUT2D eigenvalue weighted by Crippen LogP contribution is 2.43. The number of phosphoric acid groups is 1. The predicted molar refractivity (Wildman–Crippen MR) is 381 cm³/mol. The van der Waals surface area contributed by atoms with Crippen molar-refractivity contribution in [2.45, 2.75) is 405 Å². The standard InChI is InChI=1S/C78H150NO8P/c1-6-8-10-12-14-16-18-20-22-24-26-28-30-32-33-34-35-36-37-38-39-40-41-42-43-44-45-47-48-50-52-54-56-58-60-62-64-66-68-70-77(80)84-74-76(75-86-88(82,83)85-73-72-79(3,4)5)87-78(81)71-69-67-65-63-61-59-57-55-53-51-49-46-31-29-27-25-23-21-19-17-15-13-11-9-7-2/h19,21,24-27,76H,6-18,20,22-23,28-75H2,1-5H3/p+1/b21-19-,26-24-,27-25-. The maximum atomic E-state index is 12.9. The van der Waals surface area contributed by atoms with E-state index in [2.05, 4.69) is 50.3 Å². The zero-order valence-corrected chi connectivity index (χ0v) is 60.4. The molecule has 0 aromatic rings. The number of carbonyl (C=O) groups is 2. The summed E-state index contributed by atoms with van der Waals surface area (Å²) in [5, 5.41) is 0. The van der Waals surface area contributed by atoms with Crippen molar-refractivity contribution in [3.8, 4) is 0 Å². The van der Waals surface area contributed by atoms with Crippen LogP contribution in [-0.2, 0) is 32.7 Å². The molecule has 0 bridgehead atoms. The Bertz CT molecular complexity index is 1580. The normalized spacial score (nSPS) is 13.2. The van der Waals surface area contributed by atoms with Crippen LogP contribution < -0.4 is 0 Å². The number of carbonyl (C=O) groups excluding carboxylic acids is 2. The molecule has 1 N–H and O–H groups in total. The minimum atomic E-state index is -4.39. The summed E-state index contributed by atoms with van der Waals surface area (Å²) >= 11 is 0. The lowest BCUT2D eigenvalue weighted by Crippen LogP contribution is -2.37. The molecule has 0 spiro atoms. The molecule has 0 aromatic heterocycles. The molecule has 9 nitrogen and oxygen atoms in total. The Labute approximate surface area is 548 Å². The molecule has 520 valence electrons.